The average molecular weight is 326 g/mol. The number of aromatic nitrogens is 4. The summed E-state index contributed by atoms with van der Waals surface area (Å²) in [4.78, 5) is 16.2. The van der Waals surface area contributed by atoms with E-state index in [1.165, 1.54) is 31.3 Å². The number of hydrogen-bond acceptors (Lipinski definition) is 5. The fourth-order valence-corrected chi connectivity index (χ4v) is 3.84. The van der Waals surface area contributed by atoms with E-state index in [1.807, 2.05) is 6.33 Å². The first-order chi connectivity index (χ1) is 11.6. The predicted molar refractivity (Wildman–Crippen MR) is 96.5 cm³/mol. The molecule has 4 rings (SSSR count). The van der Waals surface area contributed by atoms with E-state index in [-0.39, 0.29) is 0 Å². The third-order valence-corrected chi connectivity index (χ3v) is 5.53. The Kier molecular flexibility index (Phi) is 4.00. The van der Waals surface area contributed by atoms with Crippen LogP contribution in [0.2, 0.25) is 0 Å². The molecule has 0 spiro atoms. The molecule has 2 aromatic rings. The second kappa shape index (κ2) is 6.16. The first kappa shape index (κ1) is 15.6. The maximum Gasteiger partial charge on any atom is 0.166 e. The van der Waals surface area contributed by atoms with Crippen LogP contribution < -0.4 is 5.73 Å². The van der Waals surface area contributed by atoms with Crippen molar-refractivity contribution in [2.45, 2.75) is 45.1 Å². The van der Waals surface area contributed by atoms with Gasteiger partial charge >= 0.3 is 0 Å². The maximum absolute atomic E-state index is 6.19. The maximum atomic E-state index is 6.19. The summed E-state index contributed by atoms with van der Waals surface area (Å²) in [7, 11) is 2.13. The lowest BCUT2D eigenvalue weighted by molar-refractivity contribution is 0.293. The summed E-state index contributed by atoms with van der Waals surface area (Å²) < 4.78 is 2.23. The van der Waals surface area contributed by atoms with E-state index in [4.69, 9.17) is 10.7 Å². The van der Waals surface area contributed by atoms with Gasteiger partial charge in [0.05, 0.1) is 6.33 Å². The Hall–Kier alpha value is -1.95. The van der Waals surface area contributed by atoms with Crippen LogP contribution in [0.5, 0.6) is 0 Å². The zero-order valence-electron chi connectivity index (χ0n) is 14.6. The standard InChI is InChI=1S/C18H26N6/c1-12-3-5-14(6-4-12)24-11-20-15-16(19)21-17(22-18(15)24)13-7-9-23(2)10-8-13/h7,11-12,14H,3-6,8-10H2,1-2H3,(H2,19,21,22). The Balaban J connectivity index is 1.72. The highest BCUT2D eigenvalue weighted by molar-refractivity contribution is 5.83. The van der Waals surface area contributed by atoms with Crippen LogP contribution in [0.1, 0.15) is 50.9 Å². The van der Waals surface area contributed by atoms with Gasteiger partial charge in [0, 0.05) is 19.1 Å². The van der Waals surface area contributed by atoms with Crippen LogP contribution in [0.25, 0.3) is 16.7 Å². The SMILES string of the molecule is CC1CCC(n2cnc3c(N)nc(C4=CCN(C)CC4)nc32)CC1. The number of imidazole rings is 1. The van der Waals surface area contributed by atoms with Crippen molar-refractivity contribution in [3.63, 3.8) is 0 Å². The molecule has 0 radical (unpaired) electrons. The smallest absolute Gasteiger partial charge is 0.166 e. The molecule has 128 valence electrons. The highest BCUT2D eigenvalue weighted by Crippen LogP contribution is 2.34. The van der Waals surface area contributed by atoms with Crippen LogP contribution in [0.15, 0.2) is 12.4 Å². The Morgan fingerprint density at radius 2 is 1.96 bits per heavy atom. The van der Waals surface area contributed by atoms with Gasteiger partial charge in [-0.3, -0.25) is 0 Å². The third-order valence-electron chi connectivity index (χ3n) is 5.53. The number of rotatable bonds is 2. The zero-order chi connectivity index (χ0) is 16.7. The molecule has 0 aromatic carbocycles. The number of nitrogen functional groups attached to an aromatic ring is 1. The van der Waals surface area contributed by atoms with Gasteiger partial charge in [-0.25, -0.2) is 15.0 Å². The molecular formula is C18H26N6. The Bertz CT molecular complexity index is 769. The highest BCUT2D eigenvalue weighted by atomic mass is 15.2. The minimum Gasteiger partial charge on any atom is -0.382 e. The predicted octanol–water partition coefficient (Wildman–Crippen LogP) is 2.88. The first-order valence-electron chi connectivity index (χ1n) is 9.00. The average Bonchev–Trinajstić information content (AvgIpc) is 3.01. The van der Waals surface area contributed by atoms with Crippen LogP contribution >= 0.6 is 0 Å². The lowest BCUT2D eigenvalue weighted by Crippen LogP contribution is -2.24. The van der Waals surface area contributed by atoms with Gasteiger partial charge in [-0.2, -0.15) is 0 Å². The minimum atomic E-state index is 0.486. The van der Waals surface area contributed by atoms with Gasteiger partial charge in [-0.1, -0.05) is 13.0 Å². The minimum absolute atomic E-state index is 0.486. The molecule has 1 aliphatic heterocycles. The van der Waals surface area contributed by atoms with Crippen molar-refractivity contribution in [1.82, 2.24) is 24.4 Å². The summed E-state index contributed by atoms with van der Waals surface area (Å²) in [5.41, 5.74) is 9.03. The second-order valence-corrected chi connectivity index (χ2v) is 7.41. The molecular weight excluding hydrogens is 300 g/mol. The van der Waals surface area contributed by atoms with E-state index in [1.54, 1.807) is 0 Å². The number of fused-ring (bicyclic) bond motifs is 1. The summed E-state index contributed by atoms with van der Waals surface area (Å²) in [6.45, 7) is 4.32. The number of nitrogens with two attached hydrogens (primary N) is 1. The molecule has 0 unspecified atom stereocenters. The normalized spacial score (nSPS) is 25.8. The summed E-state index contributed by atoms with van der Waals surface area (Å²) in [5, 5.41) is 0. The molecule has 0 atom stereocenters. The van der Waals surface area contributed by atoms with Crippen molar-refractivity contribution in [2.24, 2.45) is 5.92 Å². The van der Waals surface area contributed by atoms with Crippen molar-refractivity contribution >= 4 is 22.6 Å². The summed E-state index contributed by atoms with van der Waals surface area (Å²) >= 11 is 0. The van der Waals surface area contributed by atoms with Crippen LogP contribution in [0.4, 0.5) is 5.82 Å². The van der Waals surface area contributed by atoms with Gasteiger partial charge in [-0.05, 0) is 50.6 Å². The highest BCUT2D eigenvalue weighted by Gasteiger charge is 2.23. The van der Waals surface area contributed by atoms with Crippen LogP contribution in [0, 0.1) is 5.92 Å². The van der Waals surface area contributed by atoms with E-state index >= 15 is 0 Å². The number of hydrogen-bond donors (Lipinski definition) is 1. The Morgan fingerprint density at radius 3 is 2.67 bits per heavy atom. The molecule has 0 saturated heterocycles. The van der Waals surface area contributed by atoms with E-state index < -0.39 is 0 Å². The van der Waals surface area contributed by atoms with Crippen LogP contribution in [-0.4, -0.2) is 44.6 Å². The van der Waals surface area contributed by atoms with E-state index in [9.17, 15) is 0 Å². The molecule has 3 heterocycles. The topological polar surface area (TPSA) is 72.9 Å². The van der Waals surface area contributed by atoms with Gasteiger partial charge in [0.25, 0.3) is 0 Å². The van der Waals surface area contributed by atoms with Gasteiger partial charge in [0.2, 0.25) is 0 Å². The van der Waals surface area contributed by atoms with Gasteiger partial charge < -0.3 is 15.2 Å². The quantitative estimate of drug-likeness (QED) is 0.918. The second-order valence-electron chi connectivity index (χ2n) is 7.41. The number of nitrogens with zero attached hydrogens (tertiary/aromatic N) is 5. The first-order valence-corrected chi connectivity index (χ1v) is 9.00. The molecule has 6 heteroatoms. The van der Waals surface area contributed by atoms with Crippen molar-refractivity contribution < 1.29 is 0 Å². The summed E-state index contributed by atoms with van der Waals surface area (Å²) in [5.74, 6) is 2.10. The lowest BCUT2D eigenvalue weighted by Gasteiger charge is -2.27. The van der Waals surface area contributed by atoms with Gasteiger partial charge in [0.15, 0.2) is 17.3 Å². The van der Waals surface area contributed by atoms with Gasteiger partial charge in [0.1, 0.15) is 5.52 Å². The summed E-state index contributed by atoms with van der Waals surface area (Å²) in [6, 6.07) is 0.486. The van der Waals surface area contributed by atoms with E-state index in [0.717, 1.165) is 42.4 Å². The van der Waals surface area contributed by atoms with E-state index in [2.05, 4.69) is 39.5 Å². The number of anilines is 1. The zero-order valence-corrected chi connectivity index (χ0v) is 14.6. The summed E-state index contributed by atoms with van der Waals surface area (Å²) in [6.07, 6.45) is 10.0. The van der Waals surface area contributed by atoms with Crippen LogP contribution in [-0.2, 0) is 0 Å². The largest absolute Gasteiger partial charge is 0.382 e. The molecule has 1 fully saturated rings. The molecule has 2 aliphatic rings. The van der Waals surface area contributed by atoms with Crippen molar-refractivity contribution in [3.05, 3.63) is 18.2 Å². The molecule has 2 aromatic heterocycles. The third kappa shape index (κ3) is 2.79. The van der Waals surface area contributed by atoms with Crippen molar-refractivity contribution in [2.75, 3.05) is 25.9 Å². The molecule has 24 heavy (non-hydrogen) atoms. The fraction of sp³-hybridized carbons (Fsp3) is 0.611. The van der Waals surface area contributed by atoms with Crippen molar-refractivity contribution in [1.29, 1.82) is 0 Å². The monoisotopic (exact) mass is 326 g/mol. The molecule has 1 aliphatic carbocycles. The Labute approximate surface area is 142 Å². The van der Waals surface area contributed by atoms with Crippen molar-refractivity contribution in [3.8, 4) is 0 Å². The molecule has 0 amide bonds. The molecule has 2 N–H and O–H groups in total. The van der Waals surface area contributed by atoms with Gasteiger partial charge in [-0.15, -0.1) is 0 Å². The lowest BCUT2D eigenvalue weighted by atomic mass is 9.87. The fourth-order valence-electron chi connectivity index (χ4n) is 3.84. The molecule has 6 nitrogen and oxygen atoms in total. The number of likely N-dealkylation sites (N-methyl/N-ethyl adjacent to an activating group) is 1. The van der Waals surface area contributed by atoms with Crippen LogP contribution in [0.3, 0.4) is 0 Å². The van der Waals surface area contributed by atoms with E-state index in [0.29, 0.717) is 11.9 Å². The molecule has 0 bridgehead atoms. The molecule has 1 saturated carbocycles. The Morgan fingerprint density at radius 1 is 1.17 bits per heavy atom.